The average Bonchev–Trinajstić information content (AvgIpc) is 2.50. The molecule has 0 saturated heterocycles. The summed E-state index contributed by atoms with van der Waals surface area (Å²) in [6.07, 6.45) is 0.889. The molecule has 0 amide bonds. The first-order chi connectivity index (χ1) is 6.00. The second-order valence-electron chi connectivity index (χ2n) is 3.58. The molecule has 0 saturated carbocycles. The van der Waals surface area contributed by atoms with Gasteiger partial charge in [0.05, 0.1) is 0 Å². The zero-order valence-electron chi connectivity index (χ0n) is 8.52. The lowest BCUT2D eigenvalue weighted by Gasteiger charge is -2.27. The highest BCUT2D eigenvalue weighted by atomic mass is 16.3. The van der Waals surface area contributed by atoms with E-state index in [0.717, 1.165) is 6.42 Å². The molecule has 1 aromatic heterocycles. The van der Waals surface area contributed by atoms with E-state index in [9.17, 15) is 5.11 Å². The van der Waals surface area contributed by atoms with Gasteiger partial charge in [-0.1, -0.05) is 20.3 Å². The number of hydrogen-bond donors (Lipinski definition) is 1. The minimum absolute atomic E-state index is 0.136. The Morgan fingerprint density at radius 3 is 2.62 bits per heavy atom. The number of aromatic nitrogens is 4. The standard InChI is InChI=1S/C8H16N4O/c1-5-6(2)8(3,13)7-9-10-11-12(7)4/h6,13H,5H2,1-4H3. The van der Waals surface area contributed by atoms with Crippen LogP contribution in [0.5, 0.6) is 0 Å². The third-order valence-corrected chi connectivity index (χ3v) is 2.64. The van der Waals surface area contributed by atoms with Crippen molar-refractivity contribution in [1.29, 1.82) is 0 Å². The fourth-order valence-corrected chi connectivity index (χ4v) is 1.28. The van der Waals surface area contributed by atoms with Gasteiger partial charge in [0.2, 0.25) is 0 Å². The average molecular weight is 184 g/mol. The van der Waals surface area contributed by atoms with E-state index < -0.39 is 5.60 Å². The summed E-state index contributed by atoms with van der Waals surface area (Å²) < 4.78 is 1.51. The Balaban J connectivity index is 2.99. The molecule has 1 aromatic rings. The predicted octanol–water partition coefficient (Wildman–Crippen LogP) is 0.464. The Kier molecular flexibility index (Phi) is 2.66. The molecule has 0 bridgehead atoms. The Morgan fingerprint density at radius 2 is 2.23 bits per heavy atom. The van der Waals surface area contributed by atoms with Crippen molar-refractivity contribution in [3.05, 3.63) is 5.82 Å². The van der Waals surface area contributed by atoms with Gasteiger partial charge in [-0.15, -0.1) is 5.10 Å². The van der Waals surface area contributed by atoms with Crippen LogP contribution >= 0.6 is 0 Å². The summed E-state index contributed by atoms with van der Waals surface area (Å²) in [5.41, 5.74) is -0.951. The first kappa shape index (κ1) is 10.1. The van der Waals surface area contributed by atoms with Crippen molar-refractivity contribution in [2.45, 2.75) is 32.8 Å². The number of hydrogen-bond acceptors (Lipinski definition) is 4. The molecule has 0 aliphatic carbocycles. The molecule has 0 aliphatic heterocycles. The minimum atomic E-state index is -0.951. The molecule has 74 valence electrons. The quantitative estimate of drug-likeness (QED) is 0.741. The van der Waals surface area contributed by atoms with Crippen LogP contribution in [0, 0.1) is 5.92 Å². The van der Waals surface area contributed by atoms with E-state index in [2.05, 4.69) is 15.5 Å². The van der Waals surface area contributed by atoms with Crippen molar-refractivity contribution < 1.29 is 5.11 Å². The molecule has 0 aliphatic rings. The van der Waals surface area contributed by atoms with Crippen molar-refractivity contribution in [1.82, 2.24) is 20.2 Å². The van der Waals surface area contributed by atoms with Crippen LogP contribution in [-0.4, -0.2) is 25.3 Å². The maximum Gasteiger partial charge on any atom is 0.182 e. The van der Waals surface area contributed by atoms with Gasteiger partial charge < -0.3 is 5.11 Å². The van der Waals surface area contributed by atoms with Crippen LogP contribution in [0.1, 0.15) is 33.0 Å². The van der Waals surface area contributed by atoms with Crippen LogP contribution in [0.15, 0.2) is 0 Å². The number of aliphatic hydroxyl groups is 1. The van der Waals surface area contributed by atoms with Gasteiger partial charge in [0.15, 0.2) is 5.82 Å². The van der Waals surface area contributed by atoms with Crippen LogP contribution < -0.4 is 0 Å². The normalized spacial score (nSPS) is 18.2. The van der Waals surface area contributed by atoms with Crippen LogP contribution in [0.25, 0.3) is 0 Å². The largest absolute Gasteiger partial charge is 0.382 e. The molecule has 0 aromatic carbocycles. The molecule has 0 fully saturated rings. The van der Waals surface area contributed by atoms with Gasteiger partial charge in [-0.05, 0) is 23.3 Å². The summed E-state index contributed by atoms with van der Waals surface area (Å²) >= 11 is 0. The summed E-state index contributed by atoms with van der Waals surface area (Å²) in [4.78, 5) is 0. The molecule has 1 heterocycles. The molecule has 1 rings (SSSR count). The van der Waals surface area contributed by atoms with Crippen LogP contribution in [0.3, 0.4) is 0 Å². The third kappa shape index (κ3) is 1.70. The summed E-state index contributed by atoms with van der Waals surface area (Å²) in [6, 6.07) is 0. The molecular formula is C8H16N4O. The van der Waals surface area contributed by atoms with E-state index >= 15 is 0 Å². The van der Waals surface area contributed by atoms with E-state index in [4.69, 9.17) is 0 Å². The van der Waals surface area contributed by atoms with E-state index in [1.54, 1.807) is 14.0 Å². The summed E-state index contributed by atoms with van der Waals surface area (Å²) in [6.45, 7) is 5.75. The number of aryl methyl sites for hydroxylation is 1. The van der Waals surface area contributed by atoms with Gasteiger partial charge in [-0.2, -0.15) is 0 Å². The maximum atomic E-state index is 10.2. The topological polar surface area (TPSA) is 63.8 Å². The Morgan fingerprint density at radius 1 is 1.62 bits per heavy atom. The van der Waals surface area contributed by atoms with Crippen LogP contribution in [0.4, 0.5) is 0 Å². The van der Waals surface area contributed by atoms with Crippen LogP contribution in [-0.2, 0) is 12.6 Å². The number of rotatable bonds is 3. The molecule has 1 N–H and O–H groups in total. The first-order valence-electron chi connectivity index (χ1n) is 4.45. The van der Waals surface area contributed by atoms with Gasteiger partial charge in [0.25, 0.3) is 0 Å². The summed E-state index contributed by atoms with van der Waals surface area (Å²) in [5, 5.41) is 21.2. The smallest absolute Gasteiger partial charge is 0.182 e. The van der Waals surface area contributed by atoms with E-state index in [1.165, 1.54) is 4.68 Å². The molecular weight excluding hydrogens is 168 g/mol. The molecule has 0 radical (unpaired) electrons. The van der Waals surface area contributed by atoms with Gasteiger partial charge in [-0.25, -0.2) is 4.68 Å². The van der Waals surface area contributed by atoms with Crippen molar-refractivity contribution in [3.63, 3.8) is 0 Å². The second-order valence-corrected chi connectivity index (χ2v) is 3.58. The van der Waals surface area contributed by atoms with Gasteiger partial charge in [0, 0.05) is 7.05 Å². The van der Waals surface area contributed by atoms with Gasteiger partial charge in [0.1, 0.15) is 5.60 Å². The van der Waals surface area contributed by atoms with Crippen molar-refractivity contribution in [2.24, 2.45) is 13.0 Å². The van der Waals surface area contributed by atoms with Gasteiger partial charge >= 0.3 is 0 Å². The van der Waals surface area contributed by atoms with Crippen molar-refractivity contribution in [3.8, 4) is 0 Å². The molecule has 13 heavy (non-hydrogen) atoms. The predicted molar refractivity (Wildman–Crippen MR) is 47.8 cm³/mol. The lowest BCUT2D eigenvalue weighted by atomic mass is 9.88. The number of nitrogens with zero attached hydrogens (tertiary/aromatic N) is 4. The highest BCUT2D eigenvalue weighted by Gasteiger charge is 2.34. The molecule has 5 nitrogen and oxygen atoms in total. The minimum Gasteiger partial charge on any atom is -0.382 e. The fraction of sp³-hybridized carbons (Fsp3) is 0.875. The lowest BCUT2D eigenvalue weighted by molar-refractivity contribution is -0.0117. The zero-order valence-corrected chi connectivity index (χ0v) is 8.52. The van der Waals surface area contributed by atoms with E-state index in [0.29, 0.717) is 5.82 Å². The second kappa shape index (κ2) is 3.41. The van der Waals surface area contributed by atoms with Crippen molar-refractivity contribution in [2.75, 3.05) is 0 Å². The highest BCUT2D eigenvalue weighted by molar-refractivity contribution is 4.98. The third-order valence-electron chi connectivity index (χ3n) is 2.64. The number of tetrazole rings is 1. The van der Waals surface area contributed by atoms with Crippen molar-refractivity contribution >= 4 is 0 Å². The lowest BCUT2D eigenvalue weighted by Crippen LogP contribution is -2.32. The molecule has 5 heteroatoms. The van der Waals surface area contributed by atoms with E-state index in [1.807, 2.05) is 13.8 Å². The summed E-state index contributed by atoms with van der Waals surface area (Å²) in [7, 11) is 1.73. The highest BCUT2D eigenvalue weighted by Crippen LogP contribution is 2.28. The van der Waals surface area contributed by atoms with Gasteiger partial charge in [-0.3, -0.25) is 0 Å². The zero-order chi connectivity index (χ0) is 10.1. The van der Waals surface area contributed by atoms with E-state index in [-0.39, 0.29) is 5.92 Å². The Hall–Kier alpha value is -0.970. The molecule has 0 spiro atoms. The summed E-state index contributed by atoms with van der Waals surface area (Å²) in [5.74, 6) is 0.652. The SMILES string of the molecule is CCC(C)C(C)(O)c1nnnn1C. The monoisotopic (exact) mass is 184 g/mol. The first-order valence-corrected chi connectivity index (χ1v) is 4.45. The molecule has 2 unspecified atom stereocenters. The molecule has 2 atom stereocenters. The Labute approximate surface area is 77.8 Å². The maximum absolute atomic E-state index is 10.2. The Bertz CT molecular complexity index is 281. The fourth-order valence-electron chi connectivity index (χ4n) is 1.28. The van der Waals surface area contributed by atoms with Crippen LogP contribution in [0.2, 0.25) is 0 Å².